The number of guanidine groups is 3. The third kappa shape index (κ3) is 17.5. The van der Waals surface area contributed by atoms with Crippen molar-refractivity contribution in [2.45, 2.75) is 40.5 Å². The molecule has 0 spiro atoms. The van der Waals surface area contributed by atoms with Gasteiger partial charge in [0.1, 0.15) is 6.34 Å². The fraction of sp³-hybridized carbons (Fsp3) is 0.241. The summed E-state index contributed by atoms with van der Waals surface area (Å²) >= 11 is 0. The number of anilines is 2. The van der Waals surface area contributed by atoms with Crippen LogP contribution in [0.5, 0.6) is 0 Å². The van der Waals surface area contributed by atoms with Crippen LogP contribution in [0.4, 0.5) is 11.4 Å². The molecule has 0 aliphatic heterocycles. The van der Waals surface area contributed by atoms with Gasteiger partial charge in [-0.05, 0) is 76.7 Å². The van der Waals surface area contributed by atoms with E-state index in [1.807, 2.05) is 0 Å². The Morgan fingerprint density at radius 3 is 1.27 bits per heavy atom. The van der Waals surface area contributed by atoms with Gasteiger partial charge in [-0.15, -0.1) is 15.3 Å². The molecule has 0 radical (unpaired) electrons. The van der Waals surface area contributed by atoms with Gasteiger partial charge in [-0.25, -0.2) is 0 Å². The van der Waals surface area contributed by atoms with Crippen LogP contribution in [0.25, 0.3) is 0 Å². The van der Waals surface area contributed by atoms with E-state index in [0.29, 0.717) is 56.5 Å². The van der Waals surface area contributed by atoms with Gasteiger partial charge < -0.3 is 61.9 Å². The monoisotopic (exact) mass is 678 g/mol. The average Bonchev–Trinajstić information content (AvgIpc) is 3.04. The van der Waals surface area contributed by atoms with Gasteiger partial charge in [-0.1, -0.05) is 0 Å². The van der Waals surface area contributed by atoms with Crippen molar-refractivity contribution in [3.63, 3.8) is 0 Å². The number of nitrogens with two attached hydrogens (primary N) is 8. The molecular formula is C29H46N18O2. The Morgan fingerprint density at radius 2 is 0.939 bits per heavy atom. The molecule has 0 bridgehead atoms. The number of carbonyl (C=O) groups is 2. The number of rotatable bonds is 12. The highest BCUT2D eigenvalue weighted by Crippen LogP contribution is 2.20. The minimum Gasteiger partial charge on any atom is -0.388 e. The second-order valence-corrected chi connectivity index (χ2v) is 9.65. The van der Waals surface area contributed by atoms with Crippen LogP contribution in [0.1, 0.15) is 62.8 Å². The first-order valence-electron chi connectivity index (χ1n) is 14.2. The molecule has 0 unspecified atom stereocenters. The lowest BCUT2D eigenvalue weighted by Crippen LogP contribution is -2.22. The number of nitrogens with zero attached hydrogens (tertiary/aromatic N) is 6. The smallest absolute Gasteiger partial charge is 0.224 e. The fourth-order valence-electron chi connectivity index (χ4n) is 3.48. The van der Waals surface area contributed by atoms with Crippen LogP contribution < -0.4 is 56.5 Å². The van der Waals surface area contributed by atoms with Crippen LogP contribution in [-0.4, -0.2) is 65.9 Å². The summed E-state index contributed by atoms with van der Waals surface area (Å²) in [7, 11) is 1.50. The van der Waals surface area contributed by atoms with Crippen LogP contribution >= 0.6 is 0 Å². The van der Waals surface area contributed by atoms with Crippen molar-refractivity contribution in [3.8, 4) is 0 Å². The third-order valence-corrected chi connectivity index (χ3v) is 5.60. The summed E-state index contributed by atoms with van der Waals surface area (Å²) in [6, 6.07) is 10.2. The van der Waals surface area contributed by atoms with E-state index in [1.54, 1.807) is 64.1 Å². The normalized spacial score (nSPS) is 11.2. The molecular weight excluding hydrogens is 632 g/mol. The molecule has 20 N–H and O–H groups in total. The molecule has 0 atom stereocenters. The molecule has 0 fully saturated rings. The molecule has 0 aliphatic carbocycles. The van der Waals surface area contributed by atoms with Gasteiger partial charge in [0.2, 0.25) is 23.7 Å². The lowest BCUT2D eigenvalue weighted by molar-refractivity contribution is -0.121. The molecule has 49 heavy (non-hydrogen) atoms. The number of nitrogens with one attached hydrogen (secondary N) is 4. The molecule has 20 nitrogen and oxygen atoms in total. The van der Waals surface area contributed by atoms with Gasteiger partial charge in [0.15, 0.2) is 5.96 Å². The van der Waals surface area contributed by atoms with Crippen molar-refractivity contribution in [3.05, 3.63) is 58.7 Å². The first-order valence-corrected chi connectivity index (χ1v) is 14.2. The molecule has 264 valence electrons. The predicted molar refractivity (Wildman–Crippen MR) is 199 cm³/mol. The number of amides is 2. The Hall–Kier alpha value is -6.70. The Kier molecular flexibility index (Phi) is 18.9. The fourth-order valence-corrected chi connectivity index (χ4v) is 3.48. The topological polar surface area (TPSA) is 388 Å². The largest absolute Gasteiger partial charge is 0.388 e. The summed E-state index contributed by atoms with van der Waals surface area (Å²) in [5.74, 6) is -1.57. The predicted octanol–water partition coefficient (Wildman–Crippen LogP) is -0.449. The lowest BCUT2D eigenvalue weighted by atomic mass is 10.0. The summed E-state index contributed by atoms with van der Waals surface area (Å²) < 4.78 is 0. The zero-order valence-electron chi connectivity index (χ0n) is 28.1. The Balaban J connectivity index is 0.00000356. The molecule has 2 aromatic carbocycles. The van der Waals surface area contributed by atoms with Gasteiger partial charge >= 0.3 is 0 Å². The summed E-state index contributed by atoms with van der Waals surface area (Å²) in [5.41, 5.74) is 45.2. The molecule has 20 heteroatoms. The molecule has 0 saturated carbocycles. The molecule has 2 amide bonds. The van der Waals surface area contributed by atoms with Crippen LogP contribution in [0.15, 0.2) is 67.0 Å². The van der Waals surface area contributed by atoms with Gasteiger partial charge in [0.05, 0.1) is 17.1 Å². The molecule has 0 aromatic heterocycles. The molecule has 0 saturated heterocycles. The van der Waals surface area contributed by atoms with Gasteiger partial charge in [0.25, 0.3) is 0 Å². The average molecular weight is 679 g/mol. The zero-order valence-corrected chi connectivity index (χ0v) is 28.1. The maximum absolute atomic E-state index is 12.8. The van der Waals surface area contributed by atoms with Crippen LogP contribution in [-0.2, 0) is 9.59 Å². The van der Waals surface area contributed by atoms with Gasteiger partial charge in [-0.2, -0.15) is 15.3 Å². The second kappa shape index (κ2) is 21.9. The van der Waals surface area contributed by atoms with E-state index in [0.717, 1.165) is 6.34 Å². The SMILES string of the molecule is CC(=N)c1cc(NC(=O)CCC(=O)Nc2cc(/C(C)=N/N=C(N)N)cc(/C(C)=N/N=C(N)N)c2)cc(/C(C)=N/N=C/N)c1.CN.N=C(N)N. The van der Waals surface area contributed by atoms with E-state index in [4.69, 9.17) is 39.5 Å². The van der Waals surface area contributed by atoms with Crippen LogP contribution in [0, 0.1) is 10.8 Å². The number of hydrogen-bond acceptors (Lipinski definition) is 11. The van der Waals surface area contributed by atoms with Crippen molar-refractivity contribution >= 4 is 70.3 Å². The highest BCUT2D eigenvalue weighted by molar-refractivity contribution is 6.07. The Labute approximate surface area is 283 Å². The maximum atomic E-state index is 12.8. The van der Waals surface area contributed by atoms with E-state index >= 15 is 0 Å². The highest BCUT2D eigenvalue weighted by atomic mass is 16.2. The molecule has 2 rings (SSSR count). The number of benzene rings is 2. The van der Waals surface area contributed by atoms with E-state index in [1.165, 1.54) is 7.05 Å². The lowest BCUT2D eigenvalue weighted by Gasteiger charge is -2.12. The zero-order chi connectivity index (χ0) is 37.7. The minimum absolute atomic E-state index is 0.109. The minimum atomic E-state index is -0.414. The van der Waals surface area contributed by atoms with Crippen LogP contribution in [0.3, 0.4) is 0 Å². The summed E-state index contributed by atoms with van der Waals surface area (Å²) in [5, 5.41) is 42.6. The van der Waals surface area contributed by atoms with E-state index < -0.39 is 11.8 Å². The summed E-state index contributed by atoms with van der Waals surface area (Å²) in [4.78, 5) is 25.6. The molecule has 0 aliphatic rings. The quantitative estimate of drug-likeness (QED) is 0.0779. The summed E-state index contributed by atoms with van der Waals surface area (Å²) in [6.07, 6.45) is 0.834. The van der Waals surface area contributed by atoms with Crippen molar-refractivity contribution < 1.29 is 9.59 Å². The number of carbonyl (C=O) groups excluding carboxylic acids is 2. The first kappa shape index (κ1) is 42.3. The first-order chi connectivity index (χ1) is 23.0. The second-order valence-electron chi connectivity index (χ2n) is 9.65. The Morgan fingerprint density at radius 1 is 0.612 bits per heavy atom. The standard InChI is InChI=1S/C27H36N14O2.CH5N3.CH5N/c1-14(29)18-7-19(15(2)37-34-13-28)10-22(9-18)35-24(42)5-6-25(43)36-23-11-20(16(3)38-40-26(30)31)8-21(12-23)17(4)39-41-27(32)33;2-1(3)4;1-2/h7-13,29H,5-6H2,1-4H3,(H2,28,34)(H,35,42)(H,36,43)(H4,30,31,40)(H4,32,33,41);(H5,2,3,4);2H2,1H3/b29-14?,37-15+,38-16+,39-17+;;. The van der Waals surface area contributed by atoms with Gasteiger partial charge in [0, 0.05) is 46.6 Å². The summed E-state index contributed by atoms with van der Waals surface area (Å²) in [6.45, 7) is 6.72. The number of hydrogen-bond donors (Lipinski definition) is 12. The van der Waals surface area contributed by atoms with E-state index in [-0.39, 0.29) is 30.7 Å². The third-order valence-electron chi connectivity index (χ3n) is 5.60. The van der Waals surface area contributed by atoms with Crippen molar-refractivity contribution in [1.29, 1.82) is 10.8 Å². The molecule has 0 heterocycles. The van der Waals surface area contributed by atoms with Crippen molar-refractivity contribution in [2.75, 3.05) is 17.7 Å². The van der Waals surface area contributed by atoms with Crippen molar-refractivity contribution in [2.24, 2.45) is 76.5 Å². The van der Waals surface area contributed by atoms with Crippen molar-refractivity contribution in [1.82, 2.24) is 0 Å². The van der Waals surface area contributed by atoms with E-state index in [9.17, 15) is 9.59 Å². The van der Waals surface area contributed by atoms with Crippen LogP contribution in [0.2, 0.25) is 0 Å². The Bertz CT molecular complexity index is 1610. The van der Waals surface area contributed by atoms with E-state index in [2.05, 4.69) is 58.4 Å². The molecule has 2 aromatic rings. The maximum Gasteiger partial charge on any atom is 0.224 e. The highest BCUT2D eigenvalue weighted by Gasteiger charge is 2.13. The van der Waals surface area contributed by atoms with Gasteiger partial charge in [-0.3, -0.25) is 15.0 Å².